The summed E-state index contributed by atoms with van der Waals surface area (Å²) in [5.41, 5.74) is 4.33. The number of aryl methyl sites for hydroxylation is 2. The second-order valence-corrected chi connectivity index (χ2v) is 7.52. The summed E-state index contributed by atoms with van der Waals surface area (Å²) in [6.45, 7) is 11.2. The van der Waals surface area contributed by atoms with E-state index in [2.05, 4.69) is 39.1 Å². The van der Waals surface area contributed by atoms with Crippen LogP contribution >= 0.6 is 0 Å². The van der Waals surface area contributed by atoms with Gasteiger partial charge in [0.15, 0.2) is 0 Å². The summed E-state index contributed by atoms with van der Waals surface area (Å²) < 4.78 is 10.8. The Morgan fingerprint density at radius 1 is 0.774 bits per heavy atom. The third-order valence-electron chi connectivity index (χ3n) is 5.01. The molecule has 2 rings (SSSR count). The Kier molecular flexibility index (Phi) is 9.76. The van der Waals surface area contributed by atoms with E-state index in [9.17, 15) is 9.59 Å². The number of ether oxygens (including phenoxy) is 2. The molecule has 0 saturated heterocycles. The zero-order valence-electron chi connectivity index (χ0n) is 18.6. The first-order valence-corrected chi connectivity index (χ1v) is 10.9. The van der Waals surface area contributed by atoms with Gasteiger partial charge in [-0.15, -0.1) is 0 Å². The SMILES string of the molecule is C=CC(=O)Oc1ccc(Cc2ccc(OC(=O)C=C)c(CCCC)c2)cc1CCCC. The number of unbranched alkanes of at least 4 members (excludes halogenated alkanes) is 2. The fraction of sp³-hybridized carbons (Fsp3) is 0.333. The van der Waals surface area contributed by atoms with Gasteiger partial charge >= 0.3 is 11.9 Å². The van der Waals surface area contributed by atoms with Gasteiger partial charge in [-0.05, 0) is 66.5 Å². The summed E-state index contributed by atoms with van der Waals surface area (Å²) in [6.07, 6.45) is 8.95. The molecule has 164 valence electrons. The summed E-state index contributed by atoms with van der Waals surface area (Å²) in [5.74, 6) is 0.293. The Hall–Kier alpha value is -3.14. The van der Waals surface area contributed by atoms with Crippen LogP contribution in [0.4, 0.5) is 0 Å². The topological polar surface area (TPSA) is 52.6 Å². The molecule has 2 aromatic carbocycles. The van der Waals surface area contributed by atoms with Gasteiger partial charge in [0, 0.05) is 12.2 Å². The van der Waals surface area contributed by atoms with E-state index in [1.807, 2.05) is 24.3 Å². The van der Waals surface area contributed by atoms with Crippen molar-refractivity contribution >= 4 is 11.9 Å². The minimum Gasteiger partial charge on any atom is -0.423 e. The van der Waals surface area contributed by atoms with E-state index in [4.69, 9.17) is 9.47 Å². The first-order chi connectivity index (χ1) is 15.0. The Labute approximate surface area is 185 Å². The lowest BCUT2D eigenvalue weighted by Gasteiger charge is -2.13. The van der Waals surface area contributed by atoms with Gasteiger partial charge in [-0.25, -0.2) is 9.59 Å². The van der Waals surface area contributed by atoms with Crippen LogP contribution in [0.1, 0.15) is 61.8 Å². The first kappa shape index (κ1) is 24.1. The van der Waals surface area contributed by atoms with Crippen molar-refractivity contribution in [2.75, 3.05) is 0 Å². The lowest BCUT2D eigenvalue weighted by atomic mass is 9.97. The van der Waals surface area contributed by atoms with Crippen molar-refractivity contribution in [3.8, 4) is 11.5 Å². The van der Waals surface area contributed by atoms with E-state index >= 15 is 0 Å². The summed E-state index contributed by atoms with van der Waals surface area (Å²) in [4.78, 5) is 23.3. The smallest absolute Gasteiger partial charge is 0.335 e. The average molecular weight is 421 g/mol. The summed E-state index contributed by atoms with van der Waals surface area (Å²) in [5, 5.41) is 0. The standard InChI is InChI=1S/C27H32O4/c1-5-9-11-22-18-20(13-15-24(22)30-26(28)7-3)17-21-14-16-25(31-27(29)8-4)23(19-21)12-10-6-2/h7-8,13-16,18-19H,3-6,9-12,17H2,1-2H3. The molecule has 0 N–H and O–H groups in total. The van der Waals surface area contributed by atoms with Crippen LogP contribution in [0.15, 0.2) is 61.7 Å². The van der Waals surface area contributed by atoms with Gasteiger partial charge in [0.2, 0.25) is 0 Å². The van der Waals surface area contributed by atoms with Gasteiger partial charge in [-0.3, -0.25) is 0 Å². The zero-order chi connectivity index (χ0) is 22.6. The molecule has 0 saturated carbocycles. The van der Waals surface area contributed by atoms with E-state index in [0.717, 1.165) is 67.2 Å². The first-order valence-electron chi connectivity index (χ1n) is 10.9. The molecular weight excluding hydrogens is 388 g/mol. The van der Waals surface area contributed by atoms with E-state index in [1.54, 1.807) is 0 Å². The Morgan fingerprint density at radius 2 is 1.19 bits per heavy atom. The highest BCUT2D eigenvalue weighted by Crippen LogP contribution is 2.27. The van der Waals surface area contributed by atoms with Crippen molar-refractivity contribution in [2.45, 2.75) is 58.8 Å². The van der Waals surface area contributed by atoms with Gasteiger partial charge in [0.05, 0.1) is 0 Å². The quantitative estimate of drug-likeness (QED) is 0.235. The van der Waals surface area contributed by atoms with Crippen LogP contribution in [-0.4, -0.2) is 11.9 Å². The molecule has 0 fully saturated rings. The second-order valence-electron chi connectivity index (χ2n) is 7.52. The molecule has 0 aliphatic heterocycles. The third-order valence-corrected chi connectivity index (χ3v) is 5.01. The lowest BCUT2D eigenvalue weighted by molar-refractivity contribution is -0.129. The summed E-state index contributed by atoms with van der Waals surface area (Å²) >= 11 is 0. The van der Waals surface area contributed by atoms with Crippen molar-refractivity contribution in [3.63, 3.8) is 0 Å². The molecule has 4 nitrogen and oxygen atoms in total. The maximum absolute atomic E-state index is 11.7. The highest BCUT2D eigenvalue weighted by atomic mass is 16.5. The number of esters is 2. The normalized spacial score (nSPS) is 10.4. The van der Waals surface area contributed by atoms with Crippen LogP contribution in [0.3, 0.4) is 0 Å². The van der Waals surface area contributed by atoms with E-state index < -0.39 is 11.9 Å². The van der Waals surface area contributed by atoms with E-state index in [-0.39, 0.29) is 0 Å². The summed E-state index contributed by atoms with van der Waals surface area (Å²) in [6, 6.07) is 11.9. The maximum Gasteiger partial charge on any atom is 0.335 e. The van der Waals surface area contributed by atoms with Crippen molar-refractivity contribution in [1.29, 1.82) is 0 Å². The summed E-state index contributed by atoms with van der Waals surface area (Å²) in [7, 11) is 0. The van der Waals surface area contributed by atoms with Crippen molar-refractivity contribution in [2.24, 2.45) is 0 Å². The number of rotatable bonds is 12. The molecule has 0 amide bonds. The molecule has 0 unspecified atom stereocenters. The predicted molar refractivity (Wildman–Crippen MR) is 125 cm³/mol. The van der Waals surface area contributed by atoms with Crippen LogP contribution in [0, 0.1) is 0 Å². The molecule has 4 heteroatoms. The van der Waals surface area contributed by atoms with E-state index in [0.29, 0.717) is 11.5 Å². The van der Waals surface area contributed by atoms with Crippen LogP contribution in [0.2, 0.25) is 0 Å². The Bertz CT molecular complexity index is 851. The minimum absolute atomic E-state index is 0.448. The highest BCUT2D eigenvalue weighted by Gasteiger charge is 2.11. The van der Waals surface area contributed by atoms with Crippen molar-refractivity contribution in [3.05, 3.63) is 84.0 Å². The van der Waals surface area contributed by atoms with Crippen LogP contribution in [0.25, 0.3) is 0 Å². The van der Waals surface area contributed by atoms with Crippen LogP contribution in [-0.2, 0) is 28.9 Å². The number of hydrogen-bond donors (Lipinski definition) is 0. The number of benzene rings is 2. The van der Waals surface area contributed by atoms with Gasteiger partial charge in [-0.2, -0.15) is 0 Å². The molecule has 0 bridgehead atoms. The fourth-order valence-corrected chi connectivity index (χ4v) is 3.35. The predicted octanol–water partition coefficient (Wildman–Crippen LogP) is 6.15. The molecule has 2 aromatic rings. The second kappa shape index (κ2) is 12.5. The van der Waals surface area contributed by atoms with Gasteiger partial charge < -0.3 is 9.47 Å². The molecule has 0 aliphatic carbocycles. The van der Waals surface area contributed by atoms with Gasteiger partial charge in [0.1, 0.15) is 11.5 Å². The van der Waals surface area contributed by atoms with Crippen molar-refractivity contribution in [1.82, 2.24) is 0 Å². The molecule has 0 radical (unpaired) electrons. The number of hydrogen-bond acceptors (Lipinski definition) is 4. The maximum atomic E-state index is 11.7. The number of carbonyl (C=O) groups excluding carboxylic acids is 2. The average Bonchev–Trinajstić information content (AvgIpc) is 2.78. The zero-order valence-corrected chi connectivity index (χ0v) is 18.6. The molecule has 0 heterocycles. The molecule has 0 spiro atoms. The minimum atomic E-state index is -0.448. The van der Waals surface area contributed by atoms with Crippen molar-refractivity contribution < 1.29 is 19.1 Å². The molecule has 0 aromatic heterocycles. The Morgan fingerprint density at radius 3 is 1.55 bits per heavy atom. The largest absolute Gasteiger partial charge is 0.423 e. The number of carbonyl (C=O) groups is 2. The Balaban J connectivity index is 2.28. The van der Waals surface area contributed by atoms with Gasteiger partial charge in [0.25, 0.3) is 0 Å². The molecule has 0 aliphatic rings. The fourth-order valence-electron chi connectivity index (χ4n) is 3.35. The highest BCUT2D eigenvalue weighted by molar-refractivity contribution is 5.84. The monoisotopic (exact) mass is 420 g/mol. The lowest BCUT2D eigenvalue weighted by Crippen LogP contribution is -2.07. The molecule has 0 atom stereocenters. The van der Waals surface area contributed by atoms with Gasteiger partial charge in [-0.1, -0.05) is 64.1 Å². The molecule has 31 heavy (non-hydrogen) atoms. The van der Waals surface area contributed by atoms with Crippen LogP contribution in [0.5, 0.6) is 11.5 Å². The third kappa shape index (κ3) is 7.56. The molecular formula is C27H32O4. The van der Waals surface area contributed by atoms with Crippen LogP contribution < -0.4 is 9.47 Å². The van der Waals surface area contributed by atoms with E-state index in [1.165, 1.54) is 12.2 Å².